The molecular weight excluding hydrogens is 274 g/mol. The van der Waals surface area contributed by atoms with Gasteiger partial charge in [0, 0.05) is 6.54 Å². The number of amides is 1. The predicted molar refractivity (Wildman–Crippen MR) is 69.3 cm³/mol. The van der Waals surface area contributed by atoms with E-state index in [4.69, 9.17) is 11.6 Å². The zero-order chi connectivity index (χ0) is 13.8. The van der Waals surface area contributed by atoms with Gasteiger partial charge in [0.15, 0.2) is 11.6 Å². The molecule has 1 heterocycles. The van der Waals surface area contributed by atoms with E-state index >= 15 is 0 Å². The standard InChI is InChI=1S/C13H15ClF2N2O/c14-10-6-12(16)11(15)5-9(10)13(19)18-4-2-8-1-3-17-7-8/h5-6,8,17H,1-4,7H2,(H,18,19). The Balaban J connectivity index is 1.90. The summed E-state index contributed by atoms with van der Waals surface area (Å²) in [5, 5.41) is 5.83. The van der Waals surface area contributed by atoms with Crippen LogP contribution >= 0.6 is 11.6 Å². The van der Waals surface area contributed by atoms with Gasteiger partial charge in [0.05, 0.1) is 10.6 Å². The molecule has 1 aliphatic rings. The van der Waals surface area contributed by atoms with Crippen molar-refractivity contribution in [3.05, 3.63) is 34.4 Å². The summed E-state index contributed by atoms with van der Waals surface area (Å²) in [5.41, 5.74) is -0.0369. The van der Waals surface area contributed by atoms with Crippen LogP contribution in [0.15, 0.2) is 12.1 Å². The SMILES string of the molecule is O=C(NCCC1CCNC1)c1cc(F)c(F)cc1Cl. The molecule has 6 heteroatoms. The van der Waals surface area contributed by atoms with Gasteiger partial charge in [0.2, 0.25) is 0 Å². The molecule has 1 amide bonds. The Hall–Kier alpha value is -1.20. The quantitative estimate of drug-likeness (QED) is 0.835. The van der Waals surface area contributed by atoms with Crippen LogP contribution in [-0.4, -0.2) is 25.5 Å². The lowest BCUT2D eigenvalue weighted by Crippen LogP contribution is -2.26. The first-order valence-corrected chi connectivity index (χ1v) is 6.59. The Labute approximate surface area is 115 Å². The van der Waals surface area contributed by atoms with Crippen LogP contribution < -0.4 is 10.6 Å². The molecule has 3 nitrogen and oxygen atoms in total. The number of hydrogen-bond acceptors (Lipinski definition) is 2. The third-order valence-electron chi connectivity index (χ3n) is 3.26. The van der Waals surface area contributed by atoms with Crippen LogP contribution in [0.2, 0.25) is 5.02 Å². The van der Waals surface area contributed by atoms with Gasteiger partial charge in [-0.25, -0.2) is 8.78 Å². The minimum atomic E-state index is -1.07. The van der Waals surface area contributed by atoms with Gasteiger partial charge in [0.25, 0.3) is 5.91 Å². The summed E-state index contributed by atoms with van der Waals surface area (Å²) >= 11 is 5.72. The third-order valence-corrected chi connectivity index (χ3v) is 3.57. The zero-order valence-electron chi connectivity index (χ0n) is 10.3. The van der Waals surface area contributed by atoms with Crippen molar-refractivity contribution in [2.45, 2.75) is 12.8 Å². The van der Waals surface area contributed by atoms with E-state index in [0.717, 1.165) is 38.1 Å². The Morgan fingerprint density at radius 2 is 2.16 bits per heavy atom. The van der Waals surface area contributed by atoms with Crippen molar-refractivity contribution in [3.63, 3.8) is 0 Å². The zero-order valence-corrected chi connectivity index (χ0v) is 11.1. The maximum absolute atomic E-state index is 13.1. The summed E-state index contributed by atoms with van der Waals surface area (Å²) in [4.78, 5) is 11.8. The van der Waals surface area contributed by atoms with Crippen molar-refractivity contribution in [3.8, 4) is 0 Å². The maximum Gasteiger partial charge on any atom is 0.252 e. The molecule has 1 atom stereocenters. The molecule has 1 aromatic rings. The molecule has 1 aliphatic heterocycles. The van der Waals surface area contributed by atoms with Crippen molar-refractivity contribution < 1.29 is 13.6 Å². The molecule has 0 spiro atoms. The average Bonchev–Trinajstić information content (AvgIpc) is 2.86. The predicted octanol–water partition coefficient (Wildman–Crippen LogP) is 2.35. The second kappa shape index (κ2) is 6.30. The van der Waals surface area contributed by atoms with E-state index in [2.05, 4.69) is 10.6 Å². The highest BCUT2D eigenvalue weighted by Crippen LogP contribution is 2.20. The van der Waals surface area contributed by atoms with Gasteiger partial charge in [-0.15, -0.1) is 0 Å². The molecule has 1 saturated heterocycles. The highest BCUT2D eigenvalue weighted by molar-refractivity contribution is 6.33. The summed E-state index contributed by atoms with van der Waals surface area (Å²) in [5.74, 6) is -2.05. The van der Waals surface area contributed by atoms with Crippen molar-refractivity contribution in [1.29, 1.82) is 0 Å². The van der Waals surface area contributed by atoms with Gasteiger partial charge in [-0.05, 0) is 44.0 Å². The monoisotopic (exact) mass is 288 g/mol. The average molecular weight is 289 g/mol. The topological polar surface area (TPSA) is 41.1 Å². The van der Waals surface area contributed by atoms with Gasteiger partial charge in [-0.3, -0.25) is 4.79 Å². The van der Waals surface area contributed by atoms with Gasteiger partial charge in [0.1, 0.15) is 0 Å². The molecule has 1 fully saturated rings. The first kappa shape index (κ1) is 14.2. The van der Waals surface area contributed by atoms with E-state index in [-0.39, 0.29) is 10.6 Å². The lowest BCUT2D eigenvalue weighted by Gasteiger charge is -2.10. The molecule has 2 rings (SSSR count). The van der Waals surface area contributed by atoms with Crippen LogP contribution in [0.4, 0.5) is 8.78 Å². The van der Waals surface area contributed by atoms with E-state index < -0.39 is 17.5 Å². The van der Waals surface area contributed by atoms with E-state index in [1.165, 1.54) is 0 Å². The van der Waals surface area contributed by atoms with Crippen molar-refractivity contribution in [2.75, 3.05) is 19.6 Å². The summed E-state index contributed by atoms with van der Waals surface area (Å²) in [6.45, 7) is 2.47. The first-order chi connectivity index (χ1) is 9.08. The van der Waals surface area contributed by atoms with Crippen LogP contribution in [0.1, 0.15) is 23.2 Å². The number of rotatable bonds is 4. The molecule has 19 heavy (non-hydrogen) atoms. The van der Waals surface area contributed by atoms with E-state index in [9.17, 15) is 13.6 Å². The molecular formula is C13H15ClF2N2O. The molecule has 1 aromatic carbocycles. The summed E-state index contributed by atoms with van der Waals surface area (Å²) in [6.07, 6.45) is 1.96. The van der Waals surface area contributed by atoms with Crippen molar-refractivity contribution >= 4 is 17.5 Å². The van der Waals surface area contributed by atoms with Crippen molar-refractivity contribution in [1.82, 2.24) is 10.6 Å². The summed E-state index contributed by atoms with van der Waals surface area (Å²) in [6, 6.07) is 1.64. The Morgan fingerprint density at radius 1 is 1.42 bits per heavy atom. The lowest BCUT2D eigenvalue weighted by molar-refractivity contribution is 0.0951. The van der Waals surface area contributed by atoms with Crippen LogP contribution in [0.3, 0.4) is 0 Å². The molecule has 0 bridgehead atoms. The fourth-order valence-electron chi connectivity index (χ4n) is 2.14. The number of carbonyl (C=O) groups is 1. The summed E-state index contributed by atoms with van der Waals surface area (Å²) < 4.78 is 25.9. The molecule has 2 N–H and O–H groups in total. The van der Waals surface area contributed by atoms with Gasteiger partial charge in [-0.1, -0.05) is 11.6 Å². The third kappa shape index (κ3) is 3.64. The maximum atomic E-state index is 13.1. The molecule has 0 aromatic heterocycles. The molecule has 1 unspecified atom stereocenters. The summed E-state index contributed by atoms with van der Waals surface area (Å²) in [7, 11) is 0. The minimum Gasteiger partial charge on any atom is -0.352 e. The van der Waals surface area contributed by atoms with E-state index in [1.807, 2.05) is 0 Å². The number of nitrogens with one attached hydrogen (secondary N) is 2. The van der Waals surface area contributed by atoms with Crippen LogP contribution in [0.5, 0.6) is 0 Å². The van der Waals surface area contributed by atoms with E-state index in [0.29, 0.717) is 12.5 Å². The highest BCUT2D eigenvalue weighted by atomic mass is 35.5. The fourth-order valence-corrected chi connectivity index (χ4v) is 2.38. The Bertz CT molecular complexity index is 476. The smallest absolute Gasteiger partial charge is 0.252 e. The first-order valence-electron chi connectivity index (χ1n) is 6.21. The minimum absolute atomic E-state index is 0.0369. The molecule has 0 saturated carbocycles. The van der Waals surface area contributed by atoms with Crippen molar-refractivity contribution in [2.24, 2.45) is 5.92 Å². The molecule has 104 valence electrons. The Morgan fingerprint density at radius 3 is 2.84 bits per heavy atom. The molecule has 0 aliphatic carbocycles. The Kier molecular flexibility index (Phi) is 4.71. The molecule has 0 radical (unpaired) electrons. The van der Waals surface area contributed by atoms with Crippen LogP contribution in [-0.2, 0) is 0 Å². The number of carbonyl (C=O) groups excluding carboxylic acids is 1. The van der Waals surface area contributed by atoms with Crippen LogP contribution in [0, 0.1) is 17.6 Å². The normalized spacial score (nSPS) is 18.6. The van der Waals surface area contributed by atoms with Gasteiger partial charge in [-0.2, -0.15) is 0 Å². The number of hydrogen-bond donors (Lipinski definition) is 2. The second-order valence-electron chi connectivity index (χ2n) is 4.65. The largest absolute Gasteiger partial charge is 0.352 e. The fraction of sp³-hybridized carbons (Fsp3) is 0.462. The van der Waals surface area contributed by atoms with Crippen LogP contribution in [0.25, 0.3) is 0 Å². The number of benzene rings is 1. The van der Waals surface area contributed by atoms with Gasteiger partial charge >= 0.3 is 0 Å². The lowest BCUT2D eigenvalue weighted by atomic mass is 10.1. The van der Waals surface area contributed by atoms with Gasteiger partial charge < -0.3 is 10.6 Å². The van der Waals surface area contributed by atoms with E-state index in [1.54, 1.807) is 0 Å². The highest BCUT2D eigenvalue weighted by Gasteiger charge is 2.17. The number of halogens is 3. The second-order valence-corrected chi connectivity index (χ2v) is 5.06.